The SMILES string of the molecule is CCC(C)(C)C(=O)C(=O)C(C)(CC)CC. The van der Waals surface area contributed by atoms with Crippen molar-refractivity contribution in [3.63, 3.8) is 0 Å². The van der Waals surface area contributed by atoms with Gasteiger partial charge in [-0.05, 0) is 19.3 Å². The van der Waals surface area contributed by atoms with Crippen molar-refractivity contribution in [3.8, 4) is 0 Å². The van der Waals surface area contributed by atoms with E-state index in [4.69, 9.17) is 0 Å². The van der Waals surface area contributed by atoms with E-state index in [0.29, 0.717) is 6.42 Å². The van der Waals surface area contributed by atoms with Gasteiger partial charge in [0.2, 0.25) is 11.6 Å². The van der Waals surface area contributed by atoms with Crippen molar-refractivity contribution in [2.75, 3.05) is 0 Å². The Kier molecular flexibility index (Phi) is 4.69. The Morgan fingerprint density at radius 2 is 1.20 bits per heavy atom. The molecule has 0 saturated carbocycles. The van der Waals surface area contributed by atoms with Crippen molar-refractivity contribution >= 4 is 11.6 Å². The van der Waals surface area contributed by atoms with Crippen molar-refractivity contribution in [3.05, 3.63) is 0 Å². The van der Waals surface area contributed by atoms with Gasteiger partial charge in [0.1, 0.15) is 0 Å². The average molecular weight is 212 g/mol. The third-order valence-electron chi connectivity index (χ3n) is 3.81. The Morgan fingerprint density at radius 1 is 0.800 bits per heavy atom. The van der Waals surface area contributed by atoms with Crippen LogP contribution in [-0.4, -0.2) is 11.6 Å². The molecular weight excluding hydrogens is 188 g/mol. The molecule has 0 saturated heterocycles. The van der Waals surface area contributed by atoms with Crippen molar-refractivity contribution < 1.29 is 9.59 Å². The fourth-order valence-electron chi connectivity index (χ4n) is 1.31. The first-order valence-electron chi connectivity index (χ1n) is 5.84. The Hall–Kier alpha value is -0.660. The number of carbonyl (C=O) groups is 2. The van der Waals surface area contributed by atoms with Gasteiger partial charge in [-0.3, -0.25) is 9.59 Å². The van der Waals surface area contributed by atoms with E-state index in [9.17, 15) is 9.59 Å². The highest BCUT2D eigenvalue weighted by atomic mass is 16.2. The maximum absolute atomic E-state index is 12.1. The second kappa shape index (κ2) is 4.91. The highest BCUT2D eigenvalue weighted by molar-refractivity contribution is 6.40. The third kappa shape index (κ3) is 2.90. The summed E-state index contributed by atoms with van der Waals surface area (Å²) in [6.45, 7) is 11.5. The first-order chi connectivity index (χ1) is 6.75. The molecule has 0 aromatic carbocycles. The first-order valence-corrected chi connectivity index (χ1v) is 5.84. The lowest BCUT2D eigenvalue weighted by atomic mass is 9.72. The molecule has 0 heterocycles. The zero-order chi connectivity index (χ0) is 12.3. The average Bonchev–Trinajstić information content (AvgIpc) is 2.25. The van der Waals surface area contributed by atoms with Crippen LogP contribution in [0, 0.1) is 10.8 Å². The molecule has 0 atom stereocenters. The number of rotatable bonds is 6. The molecule has 0 aliphatic rings. The monoisotopic (exact) mass is 212 g/mol. The van der Waals surface area contributed by atoms with Gasteiger partial charge in [-0.1, -0.05) is 41.5 Å². The number of ketones is 2. The maximum atomic E-state index is 12.1. The van der Waals surface area contributed by atoms with E-state index in [1.807, 2.05) is 41.5 Å². The predicted molar refractivity (Wildman–Crippen MR) is 62.8 cm³/mol. The van der Waals surface area contributed by atoms with Crippen molar-refractivity contribution in [2.24, 2.45) is 10.8 Å². The summed E-state index contributed by atoms with van der Waals surface area (Å²) in [5.41, 5.74) is -0.980. The number of Topliss-reactive ketones (excluding diaryl/α,β-unsaturated/α-hetero) is 2. The van der Waals surface area contributed by atoms with E-state index in [2.05, 4.69) is 0 Å². The Balaban J connectivity index is 4.95. The van der Waals surface area contributed by atoms with Gasteiger partial charge in [0, 0.05) is 10.8 Å². The Bertz CT molecular complexity index is 247. The molecule has 0 aromatic heterocycles. The zero-order valence-corrected chi connectivity index (χ0v) is 10.9. The summed E-state index contributed by atoms with van der Waals surface area (Å²) in [5.74, 6) is -0.407. The van der Waals surface area contributed by atoms with Crippen LogP contribution in [0.15, 0.2) is 0 Å². The van der Waals surface area contributed by atoms with Crippen molar-refractivity contribution in [1.29, 1.82) is 0 Å². The molecule has 0 spiro atoms. The molecule has 0 unspecified atom stereocenters. The standard InChI is InChI=1S/C13H24O2/c1-7-12(4,5)10(14)11(15)13(6,8-2)9-3/h7-9H2,1-6H3. The van der Waals surface area contributed by atoms with Crippen LogP contribution in [0.5, 0.6) is 0 Å². The van der Waals surface area contributed by atoms with E-state index in [1.165, 1.54) is 0 Å². The molecule has 0 aromatic rings. The molecule has 0 radical (unpaired) electrons. The number of carbonyl (C=O) groups excluding carboxylic acids is 2. The van der Waals surface area contributed by atoms with Crippen LogP contribution < -0.4 is 0 Å². The van der Waals surface area contributed by atoms with Crippen molar-refractivity contribution in [2.45, 2.75) is 60.8 Å². The van der Waals surface area contributed by atoms with Gasteiger partial charge < -0.3 is 0 Å². The summed E-state index contributed by atoms with van der Waals surface area (Å²) in [7, 11) is 0. The fourth-order valence-corrected chi connectivity index (χ4v) is 1.31. The quantitative estimate of drug-likeness (QED) is 0.632. The highest BCUT2D eigenvalue weighted by Crippen LogP contribution is 2.32. The van der Waals surface area contributed by atoms with Crippen LogP contribution in [0.25, 0.3) is 0 Å². The van der Waals surface area contributed by atoms with Gasteiger partial charge in [0.05, 0.1) is 0 Å². The van der Waals surface area contributed by atoms with Gasteiger partial charge in [-0.25, -0.2) is 0 Å². The van der Waals surface area contributed by atoms with Crippen LogP contribution in [0.4, 0.5) is 0 Å². The van der Waals surface area contributed by atoms with E-state index in [0.717, 1.165) is 12.8 Å². The fraction of sp³-hybridized carbons (Fsp3) is 0.846. The molecule has 15 heavy (non-hydrogen) atoms. The molecule has 0 bridgehead atoms. The molecule has 0 rings (SSSR count). The largest absolute Gasteiger partial charge is 0.290 e. The minimum absolute atomic E-state index is 0.195. The lowest BCUT2D eigenvalue weighted by Crippen LogP contribution is -2.40. The van der Waals surface area contributed by atoms with E-state index < -0.39 is 10.8 Å². The highest BCUT2D eigenvalue weighted by Gasteiger charge is 2.40. The molecule has 0 N–H and O–H groups in total. The smallest absolute Gasteiger partial charge is 0.204 e. The van der Waals surface area contributed by atoms with Gasteiger partial charge in [0.15, 0.2) is 0 Å². The second-order valence-corrected chi connectivity index (χ2v) is 5.16. The lowest BCUT2D eigenvalue weighted by molar-refractivity contribution is -0.147. The number of hydrogen-bond acceptors (Lipinski definition) is 2. The number of hydrogen-bond donors (Lipinski definition) is 0. The van der Waals surface area contributed by atoms with E-state index >= 15 is 0 Å². The predicted octanol–water partition coefficient (Wildman–Crippen LogP) is 3.39. The van der Waals surface area contributed by atoms with Crippen LogP contribution in [-0.2, 0) is 9.59 Å². The normalized spacial score (nSPS) is 12.7. The molecule has 88 valence electrons. The molecular formula is C13H24O2. The summed E-state index contributed by atoms with van der Waals surface area (Å²) in [6.07, 6.45) is 2.17. The zero-order valence-electron chi connectivity index (χ0n) is 10.9. The van der Waals surface area contributed by atoms with Crippen LogP contribution in [0.1, 0.15) is 60.8 Å². The van der Waals surface area contributed by atoms with Gasteiger partial charge in [0.25, 0.3) is 0 Å². The Labute approximate surface area is 93.4 Å². The molecule has 0 amide bonds. The van der Waals surface area contributed by atoms with Gasteiger partial charge in [-0.15, -0.1) is 0 Å². The summed E-state index contributed by atoms with van der Waals surface area (Å²) in [5, 5.41) is 0. The minimum atomic E-state index is -0.511. The van der Waals surface area contributed by atoms with Crippen LogP contribution in [0.3, 0.4) is 0 Å². The lowest BCUT2D eigenvalue weighted by Gasteiger charge is -2.29. The molecule has 2 heteroatoms. The summed E-state index contributed by atoms with van der Waals surface area (Å²) in [6, 6.07) is 0. The minimum Gasteiger partial charge on any atom is -0.290 e. The van der Waals surface area contributed by atoms with E-state index in [-0.39, 0.29) is 11.6 Å². The Morgan fingerprint density at radius 3 is 1.47 bits per heavy atom. The summed E-state index contributed by atoms with van der Waals surface area (Å²) >= 11 is 0. The topological polar surface area (TPSA) is 34.1 Å². The first kappa shape index (κ1) is 14.3. The van der Waals surface area contributed by atoms with Gasteiger partial charge >= 0.3 is 0 Å². The second-order valence-electron chi connectivity index (χ2n) is 5.16. The van der Waals surface area contributed by atoms with E-state index in [1.54, 1.807) is 0 Å². The molecule has 0 aliphatic carbocycles. The summed E-state index contributed by atoms with van der Waals surface area (Å²) in [4.78, 5) is 24.1. The van der Waals surface area contributed by atoms with Crippen LogP contribution in [0.2, 0.25) is 0 Å². The maximum Gasteiger partial charge on any atom is 0.204 e. The van der Waals surface area contributed by atoms with Crippen LogP contribution >= 0.6 is 0 Å². The molecule has 0 aliphatic heterocycles. The molecule has 0 fully saturated rings. The van der Waals surface area contributed by atoms with Crippen molar-refractivity contribution in [1.82, 2.24) is 0 Å². The summed E-state index contributed by atoms with van der Waals surface area (Å²) < 4.78 is 0. The third-order valence-corrected chi connectivity index (χ3v) is 3.81. The van der Waals surface area contributed by atoms with Gasteiger partial charge in [-0.2, -0.15) is 0 Å². The molecule has 2 nitrogen and oxygen atoms in total.